The highest BCUT2D eigenvalue weighted by Gasteiger charge is 2.27. The van der Waals surface area contributed by atoms with Gasteiger partial charge in [0.25, 0.3) is 0 Å². The van der Waals surface area contributed by atoms with Crippen LogP contribution in [0.3, 0.4) is 0 Å². The summed E-state index contributed by atoms with van der Waals surface area (Å²) in [5.41, 5.74) is -0.445. The predicted octanol–water partition coefficient (Wildman–Crippen LogP) is 4.08. The molecule has 19 heavy (non-hydrogen) atoms. The zero-order valence-corrected chi connectivity index (χ0v) is 13.2. The first-order chi connectivity index (χ1) is 8.94. The Labute approximate surface area is 118 Å². The third-order valence-corrected chi connectivity index (χ3v) is 3.73. The maximum atomic E-state index is 11.7. The van der Waals surface area contributed by atoms with Gasteiger partial charge in [-0.3, -0.25) is 4.79 Å². The molecular weight excluding hydrogens is 240 g/mol. The molecule has 0 aliphatic carbocycles. The number of ether oxygens (including phenoxy) is 1. The molecule has 0 aromatic rings. The van der Waals surface area contributed by atoms with Crippen LogP contribution in [0.2, 0.25) is 0 Å². The highest BCUT2D eigenvalue weighted by Crippen LogP contribution is 2.21. The normalized spacial score (nSPS) is 13.3. The van der Waals surface area contributed by atoms with E-state index in [1.165, 1.54) is 25.7 Å². The summed E-state index contributed by atoms with van der Waals surface area (Å²) in [5, 5.41) is 9.76. The maximum Gasteiger partial charge on any atom is 0.311 e. The molecule has 0 aliphatic heterocycles. The van der Waals surface area contributed by atoms with Crippen molar-refractivity contribution in [2.24, 2.45) is 5.41 Å². The summed E-state index contributed by atoms with van der Waals surface area (Å²) in [4.78, 5) is 11.7. The standard InChI is InChI=1S/C16H32O3/c1-5-7-8-9-10-11-12-14(17)13-19-15(18)16(3,4)6-2/h14,17H,5-13H2,1-4H3. The molecule has 114 valence electrons. The van der Waals surface area contributed by atoms with E-state index in [9.17, 15) is 9.90 Å². The number of carbonyl (C=O) groups excluding carboxylic acids is 1. The largest absolute Gasteiger partial charge is 0.463 e. The molecule has 0 bridgehead atoms. The van der Waals surface area contributed by atoms with Crippen LogP contribution in [0.5, 0.6) is 0 Å². The SMILES string of the molecule is CCCCCCCCC(O)COC(=O)C(C)(C)CC. The quantitative estimate of drug-likeness (QED) is 0.455. The molecule has 3 heteroatoms. The zero-order chi connectivity index (χ0) is 14.7. The lowest BCUT2D eigenvalue weighted by Gasteiger charge is -2.21. The van der Waals surface area contributed by atoms with Gasteiger partial charge in [-0.25, -0.2) is 0 Å². The van der Waals surface area contributed by atoms with Crippen molar-refractivity contribution >= 4 is 5.97 Å². The lowest BCUT2D eigenvalue weighted by atomic mass is 9.91. The summed E-state index contributed by atoms with van der Waals surface area (Å²) in [6.07, 6.45) is 8.21. The van der Waals surface area contributed by atoms with Crippen LogP contribution in [0.1, 0.15) is 79.1 Å². The first kappa shape index (κ1) is 18.4. The monoisotopic (exact) mass is 272 g/mol. The van der Waals surface area contributed by atoms with Crippen LogP contribution in [-0.2, 0) is 9.53 Å². The number of aliphatic hydroxyl groups is 1. The van der Waals surface area contributed by atoms with E-state index in [-0.39, 0.29) is 12.6 Å². The van der Waals surface area contributed by atoms with E-state index in [4.69, 9.17) is 4.74 Å². The minimum Gasteiger partial charge on any atom is -0.463 e. The fourth-order valence-electron chi connectivity index (χ4n) is 1.76. The van der Waals surface area contributed by atoms with Gasteiger partial charge in [0.05, 0.1) is 11.5 Å². The second-order valence-electron chi connectivity index (χ2n) is 6.05. The van der Waals surface area contributed by atoms with E-state index in [1.54, 1.807) is 0 Å². The van der Waals surface area contributed by atoms with Gasteiger partial charge in [0.1, 0.15) is 6.61 Å². The summed E-state index contributed by atoms with van der Waals surface area (Å²) < 4.78 is 5.17. The van der Waals surface area contributed by atoms with Gasteiger partial charge in [-0.05, 0) is 26.7 Å². The Bertz CT molecular complexity index is 236. The Morgan fingerprint density at radius 3 is 2.26 bits per heavy atom. The van der Waals surface area contributed by atoms with Crippen LogP contribution in [0.4, 0.5) is 0 Å². The molecule has 0 aliphatic rings. The van der Waals surface area contributed by atoms with Crippen LogP contribution >= 0.6 is 0 Å². The molecule has 0 fully saturated rings. The lowest BCUT2D eigenvalue weighted by molar-refractivity contribution is -0.157. The molecule has 0 saturated carbocycles. The Morgan fingerprint density at radius 2 is 1.68 bits per heavy atom. The summed E-state index contributed by atoms with van der Waals surface area (Å²) in [7, 11) is 0. The molecule has 1 N–H and O–H groups in total. The van der Waals surface area contributed by atoms with E-state index >= 15 is 0 Å². The molecule has 1 unspecified atom stereocenters. The van der Waals surface area contributed by atoms with Gasteiger partial charge in [-0.15, -0.1) is 0 Å². The Balaban J connectivity index is 3.59. The minimum atomic E-state index is -0.511. The maximum absolute atomic E-state index is 11.7. The predicted molar refractivity (Wildman–Crippen MR) is 79.0 cm³/mol. The van der Waals surface area contributed by atoms with E-state index in [0.29, 0.717) is 0 Å². The molecular formula is C16H32O3. The van der Waals surface area contributed by atoms with Crippen molar-refractivity contribution in [3.05, 3.63) is 0 Å². The number of carbonyl (C=O) groups is 1. The topological polar surface area (TPSA) is 46.5 Å². The zero-order valence-electron chi connectivity index (χ0n) is 13.2. The molecule has 0 saturated heterocycles. The van der Waals surface area contributed by atoms with Gasteiger partial charge in [0, 0.05) is 0 Å². The average molecular weight is 272 g/mol. The number of hydrogen-bond donors (Lipinski definition) is 1. The number of aliphatic hydroxyl groups excluding tert-OH is 1. The van der Waals surface area contributed by atoms with Crippen molar-refractivity contribution in [1.29, 1.82) is 0 Å². The summed E-state index contributed by atoms with van der Waals surface area (Å²) in [6, 6.07) is 0. The molecule has 0 heterocycles. The second kappa shape index (κ2) is 10.2. The van der Waals surface area contributed by atoms with E-state index < -0.39 is 11.5 Å². The molecule has 0 radical (unpaired) electrons. The van der Waals surface area contributed by atoms with Gasteiger partial charge in [-0.2, -0.15) is 0 Å². The van der Waals surface area contributed by atoms with Gasteiger partial charge >= 0.3 is 5.97 Å². The van der Waals surface area contributed by atoms with Gasteiger partial charge in [-0.1, -0.05) is 52.4 Å². The first-order valence-corrected chi connectivity index (χ1v) is 7.79. The van der Waals surface area contributed by atoms with Gasteiger partial charge in [0.15, 0.2) is 0 Å². The Hall–Kier alpha value is -0.570. The molecule has 1 atom stereocenters. The fourth-order valence-corrected chi connectivity index (χ4v) is 1.76. The smallest absolute Gasteiger partial charge is 0.311 e. The van der Waals surface area contributed by atoms with Crippen molar-refractivity contribution < 1.29 is 14.6 Å². The van der Waals surface area contributed by atoms with Crippen molar-refractivity contribution in [3.63, 3.8) is 0 Å². The number of rotatable bonds is 11. The minimum absolute atomic E-state index is 0.136. The lowest BCUT2D eigenvalue weighted by Crippen LogP contribution is -2.29. The van der Waals surface area contributed by atoms with Crippen LogP contribution in [-0.4, -0.2) is 23.8 Å². The van der Waals surface area contributed by atoms with Crippen molar-refractivity contribution in [1.82, 2.24) is 0 Å². The van der Waals surface area contributed by atoms with E-state index in [1.807, 2.05) is 20.8 Å². The Kier molecular flexibility index (Phi) is 9.94. The van der Waals surface area contributed by atoms with Crippen molar-refractivity contribution in [2.45, 2.75) is 85.2 Å². The van der Waals surface area contributed by atoms with Gasteiger partial charge in [0.2, 0.25) is 0 Å². The summed E-state index contributed by atoms with van der Waals surface area (Å²) in [5.74, 6) is -0.211. The Morgan fingerprint density at radius 1 is 1.11 bits per heavy atom. The molecule has 3 nitrogen and oxygen atoms in total. The molecule has 0 aromatic heterocycles. The average Bonchev–Trinajstić information content (AvgIpc) is 2.39. The van der Waals surface area contributed by atoms with Gasteiger partial charge < -0.3 is 9.84 Å². The molecule has 0 amide bonds. The van der Waals surface area contributed by atoms with Crippen molar-refractivity contribution in [3.8, 4) is 0 Å². The van der Waals surface area contributed by atoms with Crippen LogP contribution in [0.15, 0.2) is 0 Å². The number of unbranched alkanes of at least 4 members (excludes halogenated alkanes) is 5. The molecule has 0 spiro atoms. The molecule has 0 rings (SSSR count). The highest BCUT2D eigenvalue weighted by molar-refractivity contribution is 5.75. The van der Waals surface area contributed by atoms with Crippen LogP contribution < -0.4 is 0 Å². The van der Waals surface area contributed by atoms with E-state index in [2.05, 4.69) is 6.92 Å². The van der Waals surface area contributed by atoms with Crippen molar-refractivity contribution in [2.75, 3.05) is 6.61 Å². The third kappa shape index (κ3) is 9.04. The second-order valence-corrected chi connectivity index (χ2v) is 6.05. The highest BCUT2D eigenvalue weighted by atomic mass is 16.5. The molecule has 0 aromatic carbocycles. The summed E-state index contributed by atoms with van der Waals surface area (Å²) in [6.45, 7) is 8.05. The third-order valence-electron chi connectivity index (χ3n) is 3.73. The van der Waals surface area contributed by atoms with Crippen LogP contribution in [0.25, 0.3) is 0 Å². The first-order valence-electron chi connectivity index (χ1n) is 7.79. The summed E-state index contributed by atoms with van der Waals surface area (Å²) >= 11 is 0. The van der Waals surface area contributed by atoms with E-state index in [0.717, 1.165) is 25.7 Å². The number of esters is 1. The number of hydrogen-bond acceptors (Lipinski definition) is 3. The van der Waals surface area contributed by atoms with Crippen LogP contribution in [0, 0.1) is 5.41 Å². The fraction of sp³-hybridized carbons (Fsp3) is 0.938.